The van der Waals surface area contributed by atoms with Gasteiger partial charge in [0.2, 0.25) is 5.91 Å². The highest BCUT2D eigenvalue weighted by molar-refractivity contribution is 5.90. The van der Waals surface area contributed by atoms with Gasteiger partial charge in [-0.25, -0.2) is 0 Å². The van der Waals surface area contributed by atoms with Crippen LogP contribution in [-0.4, -0.2) is 12.5 Å². The molecule has 110 valence electrons. The van der Waals surface area contributed by atoms with Crippen LogP contribution in [0.25, 0.3) is 0 Å². The summed E-state index contributed by atoms with van der Waals surface area (Å²) in [4.78, 5) is 11.8. The number of benzene rings is 2. The monoisotopic (exact) mass is 284 g/mol. The van der Waals surface area contributed by atoms with Gasteiger partial charge in [-0.05, 0) is 42.3 Å². The van der Waals surface area contributed by atoms with Gasteiger partial charge < -0.3 is 15.8 Å². The van der Waals surface area contributed by atoms with Crippen molar-refractivity contribution < 1.29 is 9.53 Å². The average molecular weight is 284 g/mol. The zero-order valence-electron chi connectivity index (χ0n) is 12.1. The topological polar surface area (TPSA) is 64.3 Å². The lowest BCUT2D eigenvalue weighted by atomic mass is 10.2. The maximum atomic E-state index is 11.8. The SMILES string of the molecule is Cc1cccc(OCCC(=O)Nc2ccc(CN)cc2)c1. The molecule has 2 aromatic rings. The molecule has 1 amide bonds. The minimum absolute atomic E-state index is 0.0665. The third-order valence-electron chi connectivity index (χ3n) is 3.06. The van der Waals surface area contributed by atoms with Gasteiger partial charge in [-0.3, -0.25) is 4.79 Å². The van der Waals surface area contributed by atoms with Crippen LogP contribution >= 0.6 is 0 Å². The summed E-state index contributed by atoms with van der Waals surface area (Å²) in [6.45, 7) is 2.86. The van der Waals surface area contributed by atoms with Crippen LogP contribution in [0, 0.1) is 6.92 Å². The first-order chi connectivity index (χ1) is 10.2. The van der Waals surface area contributed by atoms with Crippen LogP contribution in [0.3, 0.4) is 0 Å². The highest BCUT2D eigenvalue weighted by Gasteiger charge is 2.03. The van der Waals surface area contributed by atoms with Crippen molar-refractivity contribution in [3.05, 3.63) is 59.7 Å². The van der Waals surface area contributed by atoms with Crippen molar-refractivity contribution in [1.29, 1.82) is 0 Å². The fraction of sp³-hybridized carbons (Fsp3) is 0.235. The van der Waals surface area contributed by atoms with E-state index in [2.05, 4.69) is 5.32 Å². The molecular weight excluding hydrogens is 264 g/mol. The zero-order chi connectivity index (χ0) is 15.1. The summed E-state index contributed by atoms with van der Waals surface area (Å²) in [6.07, 6.45) is 0.312. The Kier molecular flexibility index (Phi) is 5.35. The molecule has 2 aromatic carbocycles. The number of carbonyl (C=O) groups is 1. The molecule has 0 aliphatic rings. The Hall–Kier alpha value is -2.33. The van der Waals surface area contributed by atoms with Crippen molar-refractivity contribution in [2.24, 2.45) is 5.73 Å². The first-order valence-electron chi connectivity index (χ1n) is 6.96. The van der Waals surface area contributed by atoms with E-state index in [9.17, 15) is 4.79 Å². The number of ether oxygens (including phenoxy) is 1. The minimum atomic E-state index is -0.0665. The van der Waals surface area contributed by atoms with Crippen LogP contribution in [0.2, 0.25) is 0 Å². The Balaban J connectivity index is 1.76. The molecule has 0 aliphatic heterocycles. The van der Waals surface area contributed by atoms with Gasteiger partial charge >= 0.3 is 0 Å². The van der Waals surface area contributed by atoms with E-state index in [4.69, 9.17) is 10.5 Å². The van der Waals surface area contributed by atoms with Crippen molar-refractivity contribution in [3.8, 4) is 5.75 Å². The van der Waals surface area contributed by atoms with Crippen molar-refractivity contribution in [2.75, 3.05) is 11.9 Å². The second kappa shape index (κ2) is 7.45. The molecule has 0 saturated carbocycles. The molecule has 4 nitrogen and oxygen atoms in total. The van der Waals surface area contributed by atoms with Crippen LogP contribution in [0.5, 0.6) is 5.75 Å². The Bertz CT molecular complexity index is 594. The quantitative estimate of drug-likeness (QED) is 0.857. The summed E-state index contributed by atoms with van der Waals surface area (Å²) in [5, 5.41) is 2.83. The summed E-state index contributed by atoms with van der Waals surface area (Å²) < 4.78 is 5.55. The second-order valence-electron chi connectivity index (χ2n) is 4.86. The molecule has 0 aromatic heterocycles. The molecule has 2 rings (SSSR count). The number of anilines is 1. The molecule has 0 aliphatic carbocycles. The number of carbonyl (C=O) groups excluding carboxylic acids is 1. The van der Waals surface area contributed by atoms with E-state index in [1.807, 2.05) is 55.5 Å². The van der Waals surface area contributed by atoms with Crippen LogP contribution < -0.4 is 15.8 Å². The molecule has 0 heterocycles. The van der Waals surface area contributed by atoms with Gasteiger partial charge in [-0.15, -0.1) is 0 Å². The zero-order valence-corrected chi connectivity index (χ0v) is 12.1. The summed E-state index contributed by atoms with van der Waals surface area (Å²) in [5.74, 6) is 0.721. The van der Waals surface area contributed by atoms with E-state index < -0.39 is 0 Å². The van der Waals surface area contributed by atoms with E-state index in [1.165, 1.54) is 0 Å². The number of rotatable bonds is 6. The molecule has 0 atom stereocenters. The summed E-state index contributed by atoms with van der Waals surface area (Å²) in [7, 11) is 0. The molecule has 0 spiro atoms. The van der Waals surface area contributed by atoms with E-state index in [-0.39, 0.29) is 5.91 Å². The predicted molar refractivity (Wildman–Crippen MR) is 84.3 cm³/mol. The van der Waals surface area contributed by atoms with E-state index in [1.54, 1.807) is 0 Å². The third kappa shape index (κ3) is 4.93. The maximum Gasteiger partial charge on any atom is 0.227 e. The molecular formula is C17H20N2O2. The van der Waals surface area contributed by atoms with Crippen LogP contribution in [0.4, 0.5) is 5.69 Å². The lowest BCUT2D eigenvalue weighted by Gasteiger charge is -2.08. The second-order valence-corrected chi connectivity index (χ2v) is 4.86. The molecule has 0 fully saturated rings. The fourth-order valence-electron chi connectivity index (χ4n) is 1.91. The van der Waals surface area contributed by atoms with Gasteiger partial charge in [-0.1, -0.05) is 24.3 Å². The number of nitrogens with two attached hydrogens (primary N) is 1. The smallest absolute Gasteiger partial charge is 0.227 e. The largest absolute Gasteiger partial charge is 0.493 e. The molecule has 0 radical (unpaired) electrons. The van der Waals surface area contributed by atoms with Gasteiger partial charge in [0, 0.05) is 12.2 Å². The lowest BCUT2D eigenvalue weighted by molar-refractivity contribution is -0.116. The first-order valence-corrected chi connectivity index (χ1v) is 6.96. The normalized spacial score (nSPS) is 10.2. The molecule has 0 bridgehead atoms. The molecule has 0 unspecified atom stereocenters. The van der Waals surface area contributed by atoms with Gasteiger partial charge in [0.1, 0.15) is 5.75 Å². The van der Waals surface area contributed by atoms with Crippen molar-refractivity contribution in [1.82, 2.24) is 0 Å². The Morgan fingerprint density at radius 3 is 2.62 bits per heavy atom. The fourth-order valence-corrected chi connectivity index (χ4v) is 1.91. The average Bonchev–Trinajstić information content (AvgIpc) is 2.48. The minimum Gasteiger partial charge on any atom is -0.493 e. The summed E-state index contributed by atoms with van der Waals surface area (Å²) in [5.41, 5.74) is 8.47. The Morgan fingerprint density at radius 1 is 1.19 bits per heavy atom. The van der Waals surface area contributed by atoms with Crippen LogP contribution in [0.15, 0.2) is 48.5 Å². The Labute approximate surface area is 124 Å². The number of aryl methyl sites for hydroxylation is 1. The molecule has 21 heavy (non-hydrogen) atoms. The first kappa shape index (κ1) is 15.1. The van der Waals surface area contributed by atoms with Crippen molar-refractivity contribution in [2.45, 2.75) is 19.9 Å². The third-order valence-corrected chi connectivity index (χ3v) is 3.06. The van der Waals surface area contributed by atoms with E-state index in [0.29, 0.717) is 19.6 Å². The van der Waals surface area contributed by atoms with E-state index in [0.717, 1.165) is 22.6 Å². The molecule has 4 heteroatoms. The standard InChI is InChI=1S/C17H20N2O2/c1-13-3-2-4-16(11-13)21-10-9-17(20)19-15-7-5-14(12-18)6-8-15/h2-8,11H,9-10,12,18H2,1H3,(H,19,20). The number of amides is 1. The maximum absolute atomic E-state index is 11.8. The number of hydrogen-bond acceptors (Lipinski definition) is 3. The lowest BCUT2D eigenvalue weighted by Crippen LogP contribution is -2.15. The van der Waals surface area contributed by atoms with Crippen LogP contribution in [-0.2, 0) is 11.3 Å². The highest BCUT2D eigenvalue weighted by atomic mass is 16.5. The van der Waals surface area contributed by atoms with Gasteiger partial charge in [0.25, 0.3) is 0 Å². The Morgan fingerprint density at radius 2 is 1.95 bits per heavy atom. The molecule has 3 N–H and O–H groups in total. The number of nitrogens with one attached hydrogen (secondary N) is 1. The van der Waals surface area contributed by atoms with Gasteiger partial charge in [0.05, 0.1) is 13.0 Å². The van der Waals surface area contributed by atoms with Crippen molar-refractivity contribution in [3.63, 3.8) is 0 Å². The van der Waals surface area contributed by atoms with Gasteiger partial charge in [0.15, 0.2) is 0 Å². The van der Waals surface area contributed by atoms with Crippen molar-refractivity contribution >= 4 is 11.6 Å². The summed E-state index contributed by atoms with van der Waals surface area (Å²) >= 11 is 0. The highest BCUT2D eigenvalue weighted by Crippen LogP contribution is 2.13. The predicted octanol–water partition coefficient (Wildman–Crippen LogP) is 2.86. The van der Waals surface area contributed by atoms with Crippen LogP contribution in [0.1, 0.15) is 17.5 Å². The van der Waals surface area contributed by atoms with Gasteiger partial charge in [-0.2, -0.15) is 0 Å². The summed E-state index contributed by atoms with van der Waals surface area (Å²) in [6, 6.07) is 15.3. The molecule has 0 saturated heterocycles. The number of hydrogen-bond donors (Lipinski definition) is 2. The van der Waals surface area contributed by atoms with E-state index >= 15 is 0 Å².